The van der Waals surface area contributed by atoms with Gasteiger partial charge in [-0.3, -0.25) is 14.9 Å². The number of aliphatic carboxylic acids is 1. The van der Waals surface area contributed by atoms with Gasteiger partial charge in [-0.25, -0.2) is 0 Å². The second-order valence-electron chi connectivity index (χ2n) is 5.26. The van der Waals surface area contributed by atoms with Crippen LogP contribution in [0.15, 0.2) is 18.2 Å². The van der Waals surface area contributed by atoms with Crippen molar-refractivity contribution in [2.45, 2.75) is 19.8 Å². The van der Waals surface area contributed by atoms with Crippen molar-refractivity contribution in [2.24, 2.45) is 5.41 Å². The number of carboxylic acid groups (broad SMARTS) is 1. The molecule has 0 bridgehead atoms. The first-order valence-electron chi connectivity index (χ1n) is 6.73. The molecule has 0 saturated carbocycles. The van der Waals surface area contributed by atoms with Crippen LogP contribution in [0.2, 0.25) is 0 Å². The first kappa shape index (κ1) is 15.1. The molecular formula is C14H18N2O5. The summed E-state index contributed by atoms with van der Waals surface area (Å²) in [6.07, 6.45) is 1.06. The van der Waals surface area contributed by atoms with E-state index in [4.69, 9.17) is 4.74 Å². The molecule has 0 spiro atoms. The number of carboxylic acids is 1. The highest BCUT2D eigenvalue weighted by Crippen LogP contribution is 2.38. The van der Waals surface area contributed by atoms with E-state index in [-0.39, 0.29) is 5.69 Å². The lowest BCUT2D eigenvalue weighted by Gasteiger charge is -2.24. The van der Waals surface area contributed by atoms with Gasteiger partial charge in [0.25, 0.3) is 5.69 Å². The summed E-state index contributed by atoms with van der Waals surface area (Å²) in [6.45, 7) is 2.76. The zero-order valence-corrected chi connectivity index (χ0v) is 12.0. The van der Waals surface area contributed by atoms with Crippen molar-refractivity contribution >= 4 is 17.3 Å². The van der Waals surface area contributed by atoms with Gasteiger partial charge >= 0.3 is 5.97 Å². The lowest BCUT2D eigenvalue weighted by atomic mass is 9.84. The number of nitrogens with zero attached hydrogens (tertiary/aromatic N) is 2. The number of nitro benzene ring substituents is 1. The fourth-order valence-electron chi connectivity index (χ4n) is 2.68. The van der Waals surface area contributed by atoms with Gasteiger partial charge in [-0.1, -0.05) is 6.92 Å². The Morgan fingerprint density at radius 3 is 2.71 bits per heavy atom. The van der Waals surface area contributed by atoms with Crippen LogP contribution in [0.1, 0.15) is 19.8 Å². The van der Waals surface area contributed by atoms with E-state index in [1.807, 2.05) is 11.8 Å². The fourth-order valence-corrected chi connectivity index (χ4v) is 2.68. The van der Waals surface area contributed by atoms with Gasteiger partial charge in [0.15, 0.2) is 0 Å². The number of carbonyl (C=O) groups is 1. The van der Waals surface area contributed by atoms with Gasteiger partial charge < -0.3 is 14.7 Å². The van der Waals surface area contributed by atoms with Crippen LogP contribution >= 0.6 is 0 Å². The van der Waals surface area contributed by atoms with Crippen LogP contribution in [-0.4, -0.2) is 36.2 Å². The maximum Gasteiger partial charge on any atom is 0.311 e. The summed E-state index contributed by atoms with van der Waals surface area (Å²) in [7, 11) is 1.44. The molecule has 0 aromatic heterocycles. The summed E-state index contributed by atoms with van der Waals surface area (Å²) in [6, 6.07) is 4.50. The molecule has 1 N–H and O–H groups in total. The molecule has 1 fully saturated rings. The van der Waals surface area contributed by atoms with Crippen molar-refractivity contribution in [3.63, 3.8) is 0 Å². The van der Waals surface area contributed by atoms with Gasteiger partial charge in [0.1, 0.15) is 5.75 Å². The summed E-state index contributed by atoms with van der Waals surface area (Å²) in [5.41, 5.74) is -0.219. The molecule has 0 radical (unpaired) electrons. The Labute approximate surface area is 122 Å². The van der Waals surface area contributed by atoms with E-state index in [9.17, 15) is 20.0 Å². The van der Waals surface area contributed by atoms with Crippen LogP contribution in [0.3, 0.4) is 0 Å². The molecule has 1 aliphatic heterocycles. The standard InChI is InChI=1S/C14H18N2O5/c1-3-14(13(17)18)4-5-15(9-14)10-6-11(16(19)20)8-12(7-10)21-2/h6-8H,3-5,9H2,1-2H3,(H,17,18). The summed E-state index contributed by atoms with van der Waals surface area (Å²) in [4.78, 5) is 23.8. The number of methoxy groups -OCH3 is 1. The van der Waals surface area contributed by atoms with Crippen molar-refractivity contribution in [1.82, 2.24) is 0 Å². The minimum Gasteiger partial charge on any atom is -0.496 e. The number of hydrogen-bond donors (Lipinski definition) is 1. The molecule has 0 aliphatic carbocycles. The van der Waals surface area contributed by atoms with E-state index in [0.717, 1.165) is 0 Å². The van der Waals surface area contributed by atoms with E-state index < -0.39 is 16.3 Å². The maximum atomic E-state index is 11.5. The highest BCUT2D eigenvalue weighted by molar-refractivity contribution is 5.77. The second kappa shape index (κ2) is 5.59. The molecule has 1 aromatic carbocycles. The summed E-state index contributed by atoms with van der Waals surface area (Å²) >= 11 is 0. The van der Waals surface area contributed by atoms with E-state index in [1.165, 1.54) is 19.2 Å². The van der Waals surface area contributed by atoms with Gasteiger partial charge in [-0.05, 0) is 12.8 Å². The molecule has 2 rings (SSSR count). The van der Waals surface area contributed by atoms with Crippen LogP contribution in [-0.2, 0) is 4.79 Å². The van der Waals surface area contributed by atoms with Crippen LogP contribution in [0.4, 0.5) is 11.4 Å². The zero-order chi connectivity index (χ0) is 15.6. The van der Waals surface area contributed by atoms with Crippen molar-refractivity contribution in [3.8, 4) is 5.75 Å². The summed E-state index contributed by atoms with van der Waals surface area (Å²) in [5, 5.41) is 20.4. The molecule has 1 saturated heterocycles. The smallest absolute Gasteiger partial charge is 0.311 e. The molecule has 1 aromatic rings. The number of nitro groups is 1. The average Bonchev–Trinajstić information content (AvgIpc) is 2.92. The third-order valence-corrected chi connectivity index (χ3v) is 4.17. The Kier molecular flexibility index (Phi) is 4.02. The van der Waals surface area contributed by atoms with Crippen molar-refractivity contribution in [3.05, 3.63) is 28.3 Å². The number of non-ortho nitro benzene ring substituents is 1. The topological polar surface area (TPSA) is 92.9 Å². The Morgan fingerprint density at radius 1 is 1.52 bits per heavy atom. The van der Waals surface area contributed by atoms with E-state index >= 15 is 0 Å². The fraction of sp³-hybridized carbons (Fsp3) is 0.500. The van der Waals surface area contributed by atoms with Gasteiger partial charge in [0.05, 0.1) is 23.5 Å². The molecule has 7 nitrogen and oxygen atoms in total. The summed E-state index contributed by atoms with van der Waals surface area (Å²) in [5.74, 6) is -0.423. The minimum atomic E-state index is -0.815. The van der Waals surface area contributed by atoms with Crippen molar-refractivity contribution in [1.29, 1.82) is 0 Å². The van der Waals surface area contributed by atoms with Crippen LogP contribution in [0.5, 0.6) is 5.75 Å². The molecule has 7 heteroatoms. The van der Waals surface area contributed by atoms with Gasteiger partial charge in [-0.15, -0.1) is 0 Å². The van der Waals surface area contributed by atoms with Crippen molar-refractivity contribution < 1.29 is 19.6 Å². The predicted molar refractivity (Wildman–Crippen MR) is 76.8 cm³/mol. The monoisotopic (exact) mass is 294 g/mol. The first-order valence-corrected chi connectivity index (χ1v) is 6.73. The van der Waals surface area contributed by atoms with Crippen LogP contribution in [0, 0.1) is 15.5 Å². The normalized spacial score (nSPS) is 21.3. The molecule has 1 aliphatic rings. The number of hydrogen-bond acceptors (Lipinski definition) is 5. The Balaban J connectivity index is 2.33. The molecule has 1 heterocycles. The highest BCUT2D eigenvalue weighted by atomic mass is 16.6. The average molecular weight is 294 g/mol. The number of rotatable bonds is 5. The third-order valence-electron chi connectivity index (χ3n) is 4.17. The molecular weight excluding hydrogens is 276 g/mol. The van der Waals surface area contributed by atoms with Crippen molar-refractivity contribution in [2.75, 3.05) is 25.1 Å². The largest absolute Gasteiger partial charge is 0.496 e. The molecule has 114 valence electrons. The quantitative estimate of drug-likeness (QED) is 0.661. The van der Waals surface area contributed by atoms with E-state index in [2.05, 4.69) is 0 Å². The molecule has 1 atom stereocenters. The SMILES string of the molecule is CCC1(C(=O)O)CCN(c2cc(OC)cc([N+](=O)[O-])c2)C1. The molecule has 21 heavy (non-hydrogen) atoms. The third kappa shape index (κ3) is 2.76. The van der Waals surface area contributed by atoms with Gasteiger partial charge in [0, 0.05) is 30.9 Å². The van der Waals surface area contributed by atoms with Gasteiger partial charge in [0.2, 0.25) is 0 Å². The Hall–Kier alpha value is -2.31. The number of anilines is 1. The van der Waals surface area contributed by atoms with E-state index in [1.54, 1.807) is 6.07 Å². The lowest BCUT2D eigenvalue weighted by molar-refractivity contribution is -0.384. The second-order valence-corrected chi connectivity index (χ2v) is 5.26. The lowest BCUT2D eigenvalue weighted by Crippen LogP contribution is -2.34. The zero-order valence-electron chi connectivity index (χ0n) is 12.0. The molecule has 1 unspecified atom stereocenters. The molecule has 0 amide bonds. The van der Waals surface area contributed by atoms with Crippen LogP contribution in [0.25, 0.3) is 0 Å². The Morgan fingerprint density at radius 2 is 2.24 bits per heavy atom. The maximum absolute atomic E-state index is 11.5. The minimum absolute atomic E-state index is 0.0614. The van der Waals surface area contributed by atoms with Crippen LogP contribution < -0.4 is 9.64 Å². The predicted octanol–water partition coefficient (Wildman–Crippen LogP) is 2.29. The van der Waals surface area contributed by atoms with E-state index in [0.29, 0.717) is 37.4 Å². The first-order chi connectivity index (χ1) is 9.91. The Bertz CT molecular complexity index is 574. The number of ether oxygens (including phenoxy) is 1. The van der Waals surface area contributed by atoms with Gasteiger partial charge in [-0.2, -0.15) is 0 Å². The highest BCUT2D eigenvalue weighted by Gasteiger charge is 2.43. The number of benzene rings is 1. The summed E-state index contributed by atoms with van der Waals surface area (Å²) < 4.78 is 5.08.